The summed E-state index contributed by atoms with van der Waals surface area (Å²) in [5.74, 6) is 2.33. The molecule has 10 nitrogen and oxygen atoms in total. The fourth-order valence-electron chi connectivity index (χ4n) is 4.08. The van der Waals surface area contributed by atoms with Crippen molar-refractivity contribution in [2.45, 2.75) is 56.5 Å². The Morgan fingerprint density at radius 1 is 1.33 bits per heavy atom. The van der Waals surface area contributed by atoms with Gasteiger partial charge in [0.2, 0.25) is 5.95 Å². The van der Waals surface area contributed by atoms with E-state index in [0.717, 1.165) is 62.4 Å². The van der Waals surface area contributed by atoms with E-state index in [1.807, 2.05) is 0 Å². The molecule has 2 fully saturated rings. The molecular weight excluding hydrogens is 446 g/mol. The lowest BCUT2D eigenvalue weighted by Gasteiger charge is -2.31. The molecule has 0 unspecified atom stereocenters. The van der Waals surface area contributed by atoms with Crippen molar-refractivity contribution in [1.29, 1.82) is 0 Å². The molecule has 2 aromatic rings. The van der Waals surface area contributed by atoms with Crippen molar-refractivity contribution >= 4 is 23.4 Å². The average Bonchev–Trinajstić information content (AvgIpc) is 3.47. The molecule has 0 amide bonds. The molecule has 1 aromatic carbocycles. The number of aromatic nitrogens is 3. The normalized spacial score (nSPS) is 20.2. The maximum atomic E-state index is 10.9. The number of aliphatic hydroxyl groups excluding tert-OH is 1. The Balaban J connectivity index is 1.37. The maximum Gasteiger partial charge on any atom is 0.273 e. The third-order valence-corrected chi connectivity index (χ3v) is 7.16. The molecule has 11 heteroatoms. The van der Waals surface area contributed by atoms with Crippen LogP contribution in [0.2, 0.25) is 0 Å². The summed E-state index contributed by atoms with van der Waals surface area (Å²) in [6.45, 7) is 5.75. The van der Waals surface area contributed by atoms with Crippen LogP contribution < -0.4 is 9.64 Å². The molecule has 0 aliphatic carbocycles. The number of anilines is 1. The van der Waals surface area contributed by atoms with Gasteiger partial charge in [-0.1, -0.05) is 24.8 Å². The quantitative estimate of drug-likeness (QED) is 0.313. The van der Waals surface area contributed by atoms with E-state index in [1.54, 1.807) is 12.1 Å². The van der Waals surface area contributed by atoms with Gasteiger partial charge in [0, 0.05) is 31.5 Å². The standard InChI is InChI=1S/C22H31N5O5S/c1-16-7-9-25(10-8-16)21-23-24-22(26(21)13-20-6-3-11-31-20)33-15-18(28)14-32-19-5-2-4-17(12-19)27(29)30/h2,4-5,12,16,18,20,28H,3,6-11,13-15H2,1H3/t18-,20-/m1/s1. The molecule has 180 valence electrons. The third-order valence-electron chi connectivity index (χ3n) is 6.05. The SMILES string of the molecule is CC1CCN(c2nnc(SC[C@H](O)COc3cccc([N+](=O)[O-])c3)n2C[C@H]2CCCO2)CC1. The number of hydrogen-bond donors (Lipinski definition) is 1. The summed E-state index contributed by atoms with van der Waals surface area (Å²) in [5, 5.41) is 31.0. The Labute approximate surface area is 197 Å². The number of hydrogen-bond acceptors (Lipinski definition) is 9. The van der Waals surface area contributed by atoms with E-state index in [0.29, 0.717) is 18.0 Å². The lowest BCUT2D eigenvalue weighted by atomic mass is 10.00. The molecule has 3 heterocycles. The van der Waals surface area contributed by atoms with Crippen LogP contribution in [0.1, 0.15) is 32.6 Å². The largest absolute Gasteiger partial charge is 0.491 e. The number of ether oxygens (including phenoxy) is 2. The molecule has 33 heavy (non-hydrogen) atoms. The zero-order chi connectivity index (χ0) is 23.2. The highest BCUT2D eigenvalue weighted by molar-refractivity contribution is 7.99. The van der Waals surface area contributed by atoms with Gasteiger partial charge in [-0.3, -0.25) is 14.7 Å². The van der Waals surface area contributed by atoms with Crippen molar-refractivity contribution in [2.75, 3.05) is 37.0 Å². The monoisotopic (exact) mass is 477 g/mol. The summed E-state index contributed by atoms with van der Waals surface area (Å²) in [7, 11) is 0. The van der Waals surface area contributed by atoms with Crippen LogP contribution >= 0.6 is 11.8 Å². The first kappa shape index (κ1) is 23.8. The summed E-state index contributed by atoms with van der Waals surface area (Å²) in [5.41, 5.74) is -0.0433. The molecule has 2 aliphatic rings. The van der Waals surface area contributed by atoms with Crippen LogP contribution in [0.25, 0.3) is 0 Å². The lowest BCUT2D eigenvalue weighted by Crippen LogP contribution is -2.35. The van der Waals surface area contributed by atoms with Crippen LogP contribution in [0.3, 0.4) is 0 Å². The van der Waals surface area contributed by atoms with Crippen molar-refractivity contribution < 1.29 is 19.5 Å². The highest BCUT2D eigenvalue weighted by Crippen LogP contribution is 2.28. The topological polar surface area (TPSA) is 116 Å². The minimum Gasteiger partial charge on any atom is -0.491 e. The second-order valence-electron chi connectivity index (χ2n) is 8.73. The maximum absolute atomic E-state index is 10.9. The molecule has 2 saturated heterocycles. The highest BCUT2D eigenvalue weighted by Gasteiger charge is 2.26. The smallest absolute Gasteiger partial charge is 0.273 e. The summed E-state index contributed by atoms with van der Waals surface area (Å²) in [6, 6.07) is 5.95. The molecule has 4 rings (SSSR count). The number of rotatable bonds is 10. The molecular formula is C22H31N5O5S. The molecule has 2 atom stereocenters. The number of nitro groups is 1. The van der Waals surface area contributed by atoms with E-state index in [2.05, 4.69) is 26.6 Å². The van der Waals surface area contributed by atoms with Gasteiger partial charge in [-0.15, -0.1) is 10.2 Å². The Hall–Kier alpha value is -2.37. The molecule has 1 N–H and O–H groups in total. The van der Waals surface area contributed by atoms with Gasteiger partial charge in [0.15, 0.2) is 5.16 Å². The number of piperidine rings is 1. The first-order valence-electron chi connectivity index (χ1n) is 11.5. The van der Waals surface area contributed by atoms with E-state index in [9.17, 15) is 15.2 Å². The first-order chi connectivity index (χ1) is 16.0. The Morgan fingerprint density at radius 2 is 2.15 bits per heavy atom. The number of non-ortho nitro benzene ring substituents is 1. The third kappa shape index (κ3) is 6.36. The minimum atomic E-state index is -0.763. The zero-order valence-electron chi connectivity index (χ0n) is 18.8. The van der Waals surface area contributed by atoms with Crippen LogP contribution in [-0.4, -0.2) is 69.1 Å². The molecule has 0 bridgehead atoms. The van der Waals surface area contributed by atoms with E-state index < -0.39 is 11.0 Å². The second kappa shape index (κ2) is 11.2. The van der Waals surface area contributed by atoms with E-state index in [1.165, 1.54) is 23.9 Å². The molecule has 0 saturated carbocycles. The summed E-state index contributed by atoms with van der Waals surface area (Å²) in [6.07, 6.45) is 3.77. The van der Waals surface area contributed by atoms with Crippen LogP contribution in [0.4, 0.5) is 11.6 Å². The first-order valence-corrected chi connectivity index (χ1v) is 12.5. The lowest BCUT2D eigenvalue weighted by molar-refractivity contribution is -0.384. The van der Waals surface area contributed by atoms with Crippen molar-refractivity contribution in [2.24, 2.45) is 5.92 Å². The summed E-state index contributed by atoms with van der Waals surface area (Å²) in [4.78, 5) is 12.7. The second-order valence-corrected chi connectivity index (χ2v) is 9.72. The van der Waals surface area contributed by atoms with Gasteiger partial charge in [0.25, 0.3) is 5.69 Å². The van der Waals surface area contributed by atoms with Crippen molar-refractivity contribution in [1.82, 2.24) is 14.8 Å². The van der Waals surface area contributed by atoms with Crippen LogP contribution in [0, 0.1) is 16.0 Å². The number of aliphatic hydroxyl groups is 1. The molecule has 0 spiro atoms. The minimum absolute atomic E-state index is 0.0327. The number of nitro benzene ring substituents is 1. The van der Waals surface area contributed by atoms with E-state index in [-0.39, 0.29) is 18.4 Å². The van der Waals surface area contributed by atoms with E-state index in [4.69, 9.17) is 9.47 Å². The predicted octanol–water partition coefficient (Wildman–Crippen LogP) is 3.13. The van der Waals surface area contributed by atoms with Crippen LogP contribution in [-0.2, 0) is 11.3 Å². The van der Waals surface area contributed by atoms with Gasteiger partial charge >= 0.3 is 0 Å². The van der Waals surface area contributed by atoms with Gasteiger partial charge in [-0.2, -0.15) is 0 Å². The van der Waals surface area contributed by atoms with E-state index >= 15 is 0 Å². The molecule has 2 aliphatic heterocycles. The van der Waals surface area contributed by atoms with Gasteiger partial charge < -0.3 is 19.5 Å². The Bertz CT molecular complexity index is 928. The van der Waals surface area contributed by atoms with Crippen molar-refractivity contribution in [3.05, 3.63) is 34.4 Å². The van der Waals surface area contributed by atoms with Gasteiger partial charge in [-0.25, -0.2) is 0 Å². The highest BCUT2D eigenvalue weighted by atomic mass is 32.2. The number of thioether (sulfide) groups is 1. The summed E-state index contributed by atoms with van der Waals surface area (Å²) >= 11 is 1.44. The predicted molar refractivity (Wildman–Crippen MR) is 125 cm³/mol. The zero-order valence-corrected chi connectivity index (χ0v) is 19.7. The fourth-order valence-corrected chi connectivity index (χ4v) is 4.93. The molecule has 0 radical (unpaired) electrons. The van der Waals surface area contributed by atoms with Gasteiger partial charge in [0.05, 0.1) is 29.7 Å². The average molecular weight is 478 g/mol. The number of nitrogens with zero attached hydrogens (tertiary/aromatic N) is 5. The van der Waals surface area contributed by atoms with Gasteiger partial charge in [0.1, 0.15) is 12.4 Å². The fraction of sp³-hybridized carbons (Fsp3) is 0.636. The Morgan fingerprint density at radius 3 is 2.88 bits per heavy atom. The van der Waals surface area contributed by atoms with Gasteiger partial charge in [-0.05, 0) is 37.7 Å². The van der Waals surface area contributed by atoms with Crippen molar-refractivity contribution in [3.63, 3.8) is 0 Å². The van der Waals surface area contributed by atoms with Crippen molar-refractivity contribution in [3.8, 4) is 5.75 Å². The summed E-state index contributed by atoms with van der Waals surface area (Å²) < 4.78 is 13.5. The number of benzene rings is 1. The molecule has 1 aromatic heterocycles. The Kier molecular flexibility index (Phi) is 8.05. The van der Waals surface area contributed by atoms with Crippen LogP contribution in [0.5, 0.6) is 5.75 Å². The van der Waals surface area contributed by atoms with Crippen LogP contribution in [0.15, 0.2) is 29.4 Å².